The second kappa shape index (κ2) is 9.40. The van der Waals surface area contributed by atoms with Crippen molar-refractivity contribution in [3.63, 3.8) is 0 Å². The predicted molar refractivity (Wildman–Crippen MR) is 119 cm³/mol. The highest BCUT2D eigenvalue weighted by Gasteiger charge is 2.32. The number of benzene rings is 2. The van der Waals surface area contributed by atoms with Crippen molar-refractivity contribution in [2.45, 2.75) is 13.5 Å². The van der Waals surface area contributed by atoms with Gasteiger partial charge in [-0.3, -0.25) is 24.3 Å². The minimum atomic E-state index is -0.284. The van der Waals surface area contributed by atoms with Gasteiger partial charge >= 0.3 is 5.88 Å². The van der Waals surface area contributed by atoms with Crippen LogP contribution in [-0.2, 0) is 16.1 Å². The molecule has 9 heteroatoms. The van der Waals surface area contributed by atoms with E-state index in [0.29, 0.717) is 23.1 Å². The third kappa shape index (κ3) is 4.89. The van der Waals surface area contributed by atoms with E-state index in [4.69, 9.17) is 4.52 Å². The summed E-state index contributed by atoms with van der Waals surface area (Å²) in [5.41, 5.74) is 1.88. The predicted octanol–water partition coefficient (Wildman–Crippen LogP) is 3.10. The third-order valence-corrected chi connectivity index (χ3v) is 5.31. The van der Waals surface area contributed by atoms with Crippen molar-refractivity contribution >= 4 is 46.4 Å². The van der Waals surface area contributed by atoms with Crippen LogP contribution in [0.3, 0.4) is 0 Å². The Morgan fingerprint density at radius 1 is 1.16 bits per heavy atom. The van der Waals surface area contributed by atoms with Gasteiger partial charge in [0, 0.05) is 0 Å². The number of para-hydroxylation sites is 1. The highest BCUT2D eigenvalue weighted by atomic mass is 32.2. The number of thioether (sulfide) groups is 1. The van der Waals surface area contributed by atoms with Crippen LogP contribution in [0.25, 0.3) is 6.08 Å². The molecular weight excluding hydrogens is 414 g/mol. The fourth-order valence-corrected chi connectivity index (χ4v) is 3.70. The van der Waals surface area contributed by atoms with Gasteiger partial charge in [0.15, 0.2) is 11.7 Å². The summed E-state index contributed by atoms with van der Waals surface area (Å²) in [4.78, 5) is 31.5. The van der Waals surface area contributed by atoms with Crippen LogP contribution in [0.2, 0.25) is 0 Å². The van der Waals surface area contributed by atoms with Crippen LogP contribution in [0.4, 0.5) is 11.6 Å². The topological polar surface area (TPSA) is 91.7 Å². The minimum Gasteiger partial charge on any atom is -0.288 e. The molecule has 0 radical (unpaired) electrons. The number of amidine groups is 1. The van der Waals surface area contributed by atoms with E-state index in [0.717, 1.165) is 5.56 Å². The molecule has 0 saturated carbocycles. The molecule has 0 bridgehead atoms. The Bertz CT molecular complexity index is 1140. The molecule has 0 aliphatic carbocycles. The number of aliphatic imine (C=N–C) groups is 1. The summed E-state index contributed by atoms with van der Waals surface area (Å²) in [6.07, 6.45) is 3.35. The number of carbonyl (C=O) groups is 2. The van der Waals surface area contributed by atoms with Crippen molar-refractivity contribution < 1.29 is 18.8 Å². The van der Waals surface area contributed by atoms with Crippen LogP contribution < -0.4 is 14.9 Å². The lowest BCUT2D eigenvalue weighted by molar-refractivity contribution is -0.759. The zero-order chi connectivity index (χ0) is 21.6. The molecule has 2 aromatic carbocycles. The summed E-state index contributed by atoms with van der Waals surface area (Å²) in [6.45, 7) is 2.55. The zero-order valence-corrected chi connectivity index (χ0v) is 17.6. The van der Waals surface area contributed by atoms with Gasteiger partial charge < -0.3 is 0 Å². The first-order valence-electron chi connectivity index (χ1n) is 9.68. The van der Waals surface area contributed by atoms with Crippen molar-refractivity contribution in [3.8, 4) is 0 Å². The Hall–Kier alpha value is -3.72. The van der Waals surface area contributed by atoms with E-state index < -0.39 is 0 Å². The smallest absolute Gasteiger partial charge is 0.288 e. The maximum atomic E-state index is 13.1. The summed E-state index contributed by atoms with van der Waals surface area (Å²) in [6, 6.07) is 18.8. The number of rotatable bonds is 6. The van der Waals surface area contributed by atoms with Gasteiger partial charge in [-0.1, -0.05) is 65.0 Å². The molecule has 4 rings (SSSR count). The standard InChI is InChI=1S/C22H19N5O3S/c1-2-26-14-20(30-25-26)24-19(28)15-31-22-23-18(13-16-9-5-3-6-10-16)21(29)27(22)17-11-7-4-8-12-17/h3-14H,2,15H2,1H3/p+1/b18-13+. The number of nitrogens with one attached hydrogen (secondary N) is 1. The van der Waals surface area contributed by atoms with E-state index >= 15 is 0 Å². The molecule has 1 aliphatic heterocycles. The first kappa shape index (κ1) is 20.5. The van der Waals surface area contributed by atoms with Gasteiger partial charge in [0.2, 0.25) is 11.2 Å². The van der Waals surface area contributed by atoms with Gasteiger partial charge in [-0.15, -0.1) is 0 Å². The van der Waals surface area contributed by atoms with Crippen molar-refractivity contribution in [3.05, 3.63) is 78.1 Å². The molecule has 0 fully saturated rings. The molecule has 1 N–H and O–H groups in total. The van der Waals surface area contributed by atoms with E-state index in [9.17, 15) is 9.59 Å². The normalized spacial score (nSPS) is 14.7. The molecule has 2 heterocycles. The summed E-state index contributed by atoms with van der Waals surface area (Å²) in [5.74, 6) is -0.201. The van der Waals surface area contributed by atoms with Crippen LogP contribution in [-0.4, -0.2) is 28.0 Å². The Labute approximate surface area is 183 Å². The van der Waals surface area contributed by atoms with Gasteiger partial charge in [-0.2, -0.15) is 0 Å². The maximum Gasteiger partial charge on any atom is 0.302 e. The van der Waals surface area contributed by atoms with E-state index in [1.165, 1.54) is 16.7 Å². The quantitative estimate of drug-likeness (QED) is 0.476. The lowest BCUT2D eigenvalue weighted by Gasteiger charge is -2.17. The van der Waals surface area contributed by atoms with Crippen LogP contribution in [0, 0.1) is 0 Å². The molecule has 8 nitrogen and oxygen atoms in total. The second-order valence-corrected chi connectivity index (χ2v) is 7.51. The zero-order valence-electron chi connectivity index (χ0n) is 16.8. The molecule has 0 saturated heterocycles. The molecular formula is C22H20N5O3S+. The van der Waals surface area contributed by atoms with Crippen molar-refractivity contribution in [1.29, 1.82) is 0 Å². The lowest BCUT2D eigenvalue weighted by Crippen LogP contribution is -2.33. The molecule has 0 spiro atoms. The van der Waals surface area contributed by atoms with Gasteiger partial charge in [0.1, 0.15) is 5.70 Å². The Balaban J connectivity index is 1.53. The molecule has 1 aliphatic rings. The first-order chi connectivity index (χ1) is 15.1. The molecule has 31 heavy (non-hydrogen) atoms. The number of aromatic nitrogens is 2. The number of hydrogen-bond donors (Lipinski definition) is 1. The Morgan fingerprint density at radius 2 is 1.87 bits per heavy atom. The monoisotopic (exact) mass is 434 g/mol. The van der Waals surface area contributed by atoms with Gasteiger partial charge in [0.05, 0.1) is 11.4 Å². The first-order valence-corrected chi connectivity index (χ1v) is 10.7. The van der Waals surface area contributed by atoms with Gasteiger partial charge in [-0.05, 0) is 30.7 Å². The second-order valence-electron chi connectivity index (χ2n) is 6.57. The van der Waals surface area contributed by atoms with Crippen LogP contribution in [0.15, 0.2) is 82.1 Å². The van der Waals surface area contributed by atoms with Crippen LogP contribution >= 0.6 is 11.8 Å². The SMILES string of the molecule is CC[n+]1cc(NC(=O)CSC2=N/C(=C/c3ccccc3)C(=O)N2c2ccccc2)on1. The molecule has 2 amide bonds. The van der Waals surface area contributed by atoms with Gasteiger partial charge in [0.25, 0.3) is 12.1 Å². The highest BCUT2D eigenvalue weighted by Crippen LogP contribution is 2.29. The summed E-state index contributed by atoms with van der Waals surface area (Å²) in [7, 11) is 0. The Kier molecular flexibility index (Phi) is 6.23. The summed E-state index contributed by atoms with van der Waals surface area (Å²) in [5, 5.41) is 6.87. The summed E-state index contributed by atoms with van der Waals surface area (Å²) < 4.78 is 6.63. The number of nitrogens with zero attached hydrogens (tertiary/aromatic N) is 4. The fourth-order valence-electron chi connectivity index (χ4n) is 2.89. The lowest BCUT2D eigenvalue weighted by atomic mass is 10.2. The largest absolute Gasteiger partial charge is 0.302 e. The third-order valence-electron chi connectivity index (χ3n) is 4.38. The summed E-state index contributed by atoms with van der Waals surface area (Å²) >= 11 is 1.18. The minimum absolute atomic E-state index is 0.0564. The van der Waals surface area contributed by atoms with Crippen LogP contribution in [0.1, 0.15) is 12.5 Å². The van der Waals surface area contributed by atoms with Crippen molar-refractivity contribution in [1.82, 2.24) is 5.27 Å². The van der Waals surface area contributed by atoms with E-state index in [1.807, 2.05) is 67.6 Å². The number of carbonyl (C=O) groups excluding carboxylic acids is 2. The molecule has 156 valence electrons. The van der Waals surface area contributed by atoms with Crippen molar-refractivity contribution in [2.24, 2.45) is 4.99 Å². The fraction of sp³-hybridized carbons (Fsp3) is 0.136. The average Bonchev–Trinajstić information content (AvgIpc) is 3.37. The number of aryl methyl sites for hydroxylation is 1. The Morgan fingerprint density at radius 3 is 2.55 bits per heavy atom. The van der Waals surface area contributed by atoms with Gasteiger partial charge in [-0.25, -0.2) is 4.99 Å². The number of hydrogen-bond acceptors (Lipinski definition) is 6. The van der Waals surface area contributed by atoms with E-state index in [-0.39, 0.29) is 23.5 Å². The van der Waals surface area contributed by atoms with E-state index in [2.05, 4.69) is 15.6 Å². The molecule has 0 unspecified atom stereocenters. The highest BCUT2D eigenvalue weighted by molar-refractivity contribution is 8.14. The number of amides is 2. The molecule has 0 atom stereocenters. The molecule has 1 aromatic heterocycles. The van der Waals surface area contributed by atoms with E-state index in [1.54, 1.807) is 17.0 Å². The number of anilines is 2. The van der Waals surface area contributed by atoms with Crippen molar-refractivity contribution in [2.75, 3.05) is 16.0 Å². The molecule has 3 aromatic rings. The van der Waals surface area contributed by atoms with Crippen LogP contribution in [0.5, 0.6) is 0 Å². The average molecular weight is 435 g/mol. The maximum absolute atomic E-state index is 13.1.